The van der Waals surface area contributed by atoms with Gasteiger partial charge in [-0.25, -0.2) is 0 Å². The second-order valence-electron chi connectivity index (χ2n) is 5.86. The van der Waals surface area contributed by atoms with E-state index in [1.54, 1.807) is 4.90 Å². The molecule has 0 bridgehead atoms. The zero-order valence-corrected chi connectivity index (χ0v) is 13.5. The molecule has 4 N–H and O–H groups in total. The van der Waals surface area contributed by atoms with Crippen LogP contribution in [0.4, 0.5) is 0 Å². The highest BCUT2D eigenvalue weighted by molar-refractivity contribution is 5.88. The maximum absolute atomic E-state index is 12.5. The van der Waals surface area contributed by atoms with Crippen molar-refractivity contribution in [1.82, 2.24) is 20.4 Å². The molecule has 0 unspecified atom stereocenters. The minimum atomic E-state index is -0.436. The van der Waals surface area contributed by atoms with Gasteiger partial charge in [0.1, 0.15) is 6.04 Å². The van der Waals surface area contributed by atoms with Crippen molar-refractivity contribution in [3.63, 3.8) is 0 Å². The number of rotatable bonds is 5. The maximum atomic E-state index is 12.5. The summed E-state index contributed by atoms with van der Waals surface area (Å²) in [4.78, 5) is 26.2. The van der Waals surface area contributed by atoms with Crippen LogP contribution in [0, 0.1) is 13.8 Å². The fraction of sp³-hybridized carbons (Fsp3) is 0.667. The van der Waals surface area contributed by atoms with Crippen LogP contribution < -0.4 is 11.1 Å². The molecule has 0 aromatic carbocycles. The Morgan fingerprint density at radius 2 is 2.18 bits per heavy atom. The Hall–Kier alpha value is -1.89. The molecule has 2 amide bonds. The number of aromatic nitrogens is 2. The van der Waals surface area contributed by atoms with Gasteiger partial charge in [-0.05, 0) is 39.2 Å². The number of likely N-dealkylation sites (tertiary alicyclic amines) is 1. The standard InChI is InChI=1S/C15H25N5O2/c1-4-17-15(22)13-7-11(16)8-20(13)14(21)6-5-12-9(2)18-19-10(12)3/h11,13H,4-8,16H2,1-3H3,(H,17,22)(H,18,19)/t11-,13-/m0/s1. The third kappa shape index (κ3) is 3.47. The van der Waals surface area contributed by atoms with E-state index in [4.69, 9.17) is 5.73 Å². The van der Waals surface area contributed by atoms with Gasteiger partial charge in [-0.2, -0.15) is 5.10 Å². The molecule has 1 aromatic heterocycles. The number of aryl methyl sites for hydroxylation is 2. The molecule has 1 aliphatic heterocycles. The molecule has 1 saturated heterocycles. The van der Waals surface area contributed by atoms with Crippen molar-refractivity contribution in [2.45, 2.75) is 52.1 Å². The lowest BCUT2D eigenvalue weighted by Crippen LogP contribution is -2.46. The molecule has 0 saturated carbocycles. The lowest BCUT2D eigenvalue weighted by atomic mass is 10.1. The molecule has 1 aromatic rings. The molecule has 1 fully saturated rings. The number of nitrogens with zero attached hydrogens (tertiary/aromatic N) is 2. The van der Waals surface area contributed by atoms with E-state index in [-0.39, 0.29) is 17.9 Å². The van der Waals surface area contributed by atoms with E-state index >= 15 is 0 Å². The Kier molecular flexibility index (Phi) is 5.18. The zero-order valence-electron chi connectivity index (χ0n) is 13.5. The topological polar surface area (TPSA) is 104 Å². The van der Waals surface area contributed by atoms with Gasteiger partial charge in [-0.15, -0.1) is 0 Å². The van der Waals surface area contributed by atoms with Crippen molar-refractivity contribution in [1.29, 1.82) is 0 Å². The molecule has 0 aliphatic carbocycles. The van der Waals surface area contributed by atoms with Crippen molar-refractivity contribution < 1.29 is 9.59 Å². The number of hydrogen-bond donors (Lipinski definition) is 3. The Bertz CT molecular complexity index is 535. The van der Waals surface area contributed by atoms with Gasteiger partial charge in [0.25, 0.3) is 0 Å². The summed E-state index contributed by atoms with van der Waals surface area (Å²) in [6.45, 7) is 6.74. The van der Waals surface area contributed by atoms with Crippen LogP contribution in [0.2, 0.25) is 0 Å². The average Bonchev–Trinajstić information content (AvgIpc) is 3.01. The first kappa shape index (κ1) is 16.5. The fourth-order valence-corrected chi connectivity index (χ4v) is 3.00. The minimum absolute atomic E-state index is 0.0239. The van der Waals surface area contributed by atoms with Crippen LogP contribution >= 0.6 is 0 Å². The molecule has 2 rings (SSSR count). The van der Waals surface area contributed by atoms with Gasteiger partial charge in [0, 0.05) is 31.2 Å². The highest BCUT2D eigenvalue weighted by Crippen LogP contribution is 2.20. The largest absolute Gasteiger partial charge is 0.355 e. The predicted octanol–water partition coefficient (Wildman–Crippen LogP) is 0.0234. The molecule has 7 heteroatoms. The third-order valence-corrected chi connectivity index (χ3v) is 4.18. The lowest BCUT2D eigenvalue weighted by molar-refractivity contribution is -0.138. The first-order valence-corrected chi connectivity index (χ1v) is 7.77. The van der Waals surface area contributed by atoms with Gasteiger partial charge in [0.15, 0.2) is 0 Å². The van der Waals surface area contributed by atoms with Crippen LogP contribution in [-0.4, -0.2) is 52.1 Å². The first-order chi connectivity index (χ1) is 10.4. The number of nitrogens with one attached hydrogen (secondary N) is 2. The number of nitrogens with two attached hydrogens (primary N) is 1. The van der Waals surface area contributed by atoms with Crippen molar-refractivity contribution in [3.05, 3.63) is 17.0 Å². The van der Waals surface area contributed by atoms with E-state index in [1.807, 2.05) is 20.8 Å². The molecule has 2 atom stereocenters. The smallest absolute Gasteiger partial charge is 0.242 e. The normalized spacial score (nSPS) is 21.2. The van der Waals surface area contributed by atoms with Crippen molar-refractivity contribution in [3.8, 4) is 0 Å². The van der Waals surface area contributed by atoms with Crippen molar-refractivity contribution in [2.24, 2.45) is 5.73 Å². The van der Waals surface area contributed by atoms with Crippen LogP contribution in [-0.2, 0) is 16.0 Å². The highest BCUT2D eigenvalue weighted by Gasteiger charge is 2.37. The Balaban J connectivity index is 1.99. The maximum Gasteiger partial charge on any atom is 0.242 e. The van der Waals surface area contributed by atoms with Crippen molar-refractivity contribution in [2.75, 3.05) is 13.1 Å². The molecule has 0 radical (unpaired) electrons. The number of aromatic amines is 1. The second kappa shape index (κ2) is 6.91. The molecular weight excluding hydrogens is 282 g/mol. The van der Waals surface area contributed by atoms with E-state index in [2.05, 4.69) is 15.5 Å². The van der Waals surface area contributed by atoms with Gasteiger partial charge < -0.3 is 16.0 Å². The Labute approximate surface area is 130 Å². The summed E-state index contributed by atoms with van der Waals surface area (Å²) in [5.74, 6) is -0.135. The summed E-state index contributed by atoms with van der Waals surface area (Å²) in [5.41, 5.74) is 8.92. The van der Waals surface area contributed by atoms with Crippen LogP contribution in [0.3, 0.4) is 0 Å². The van der Waals surface area contributed by atoms with Crippen LogP contribution in [0.25, 0.3) is 0 Å². The van der Waals surface area contributed by atoms with Gasteiger partial charge in [-0.1, -0.05) is 0 Å². The quantitative estimate of drug-likeness (QED) is 0.713. The number of hydrogen-bond acceptors (Lipinski definition) is 4. The number of H-pyrrole nitrogens is 1. The predicted molar refractivity (Wildman–Crippen MR) is 83.2 cm³/mol. The summed E-state index contributed by atoms with van der Waals surface area (Å²) in [5, 5.41) is 9.84. The van der Waals surface area contributed by atoms with E-state index in [0.29, 0.717) is 32.4 Å². The summed E-state index contributed by atoms with van der Waals surface area (Å²) in [7, 11) is 0. The molecule has 22 heavy (non-hydrogen) atoms. The third-order valence-electron chi connectivity index (χ3n) is 4.18. The second-order valence-corrected chi connectivity index (χ2v) is 5.86. The lowest BCUT2D eigenvalue weighted by Gasteiger charge is -2.23. The summed E-state index contributed by atoms with van der Waals surface area (Å²) < 4.78 is 0. The molecule has 7 nitrogen and oxygen atoms in total. The number of likely N-dealkylation sites (N-methyl/N-ethyl adjacent to an activating group) is 1. The number of carbonyl (C=O) groups is 2. The van der Waals surface area contributed by atoms with Gasteiger partial charge in [0.05, 0.1) is 5.69 Å². The Morgan fingerprint density at radius 1 is 1.45 bits per heavy atom. The molecule has 122 valence electrons. The van der Waals surface area contributed by atoms with E-state index in [9.17, 15) is 9.59 Å². The fourth-order valence-electron chi connectivity index (χ4n) is 3.00. The Morgan fingerprint density at radius 3 is 2.77 bits per heavy atom. The monoisotopic (exact) mass is 307 g/mol. The van der Waals surface area contributed by atoms with Crippen LogP contribution in [0.1, 0.15) is 36.7 Å². The highest BCUT2D eigenvalue weighted by atomic mass is 16.2. The van der Waals surface area contributed by atoms with E-state index in [1.165, 1.54) is 0 Å². The average molecular weight is 307 g/mol. The van der Waals surface area contributed by atoms with Crippen LogP contribution in [0.5, 0.6) is 0 Å². The molecule has 0 spiro atoms. The molecular formula is C15H25N5O2. The molecule has 1 aliphatic rings. The van der Waals surface area contributed by atoms with Gasteiger partial charge in [0.2, 0.25) is 11.8 Å². The van der Waals surface area contributed by atoms with Gasteiger partial charge >= 0.3 is 0 Å². The summed E-state index contributed by atoms with van der Waals surface area (Å²) >= 11 is 0. The number of carbonyl (C=O) groups excluding carboxylic acids is 2. The minimum Gasteiger partial charge on any atom is -0.355 e. The summed E-state index contributed by atoms with van der Waals surface area (Å²) in [6, 6.07) is -0.567. The van der Waals surface area contributed by atoms with E-state index in [0.717, 1.165) is 17.0 Å². The number of amides is 2. The molecule has 2 heterocycles. The van der Waals surface area contributed by atoms with Crippen LogP contribution in [0.15, 0.2) is 0 Å². The van der Waals surface area contributed by atoms with Gasteiger partial charge in [-0.3, -0.25) is 14.7 Å². The van der Waals surface area contributed by atoms with E-state index < -0.39 is 6.04 Å². The first-order valence-electron chi connectivity index (χ1n) is 7.77. The van der Waals surface area contributed by atoms with Crippen molar-refractivity contribution >= 4 is 11.8 Å². The SMILES string of the molecule is CCNC(=O)[C@@H]1C[C@H](N)CN1C(=O)CCc1c(C)n[nH]c1C. The zero-order chi connectivity index (χ0) is 16.3. The summed E-state index contributed by atoms with van der Waals surface area (Å²) in [6.07, 6.45) is 1.52.